The van der Waals surface area contributed by atoms with Gasteiger partial charge in [-0.25, -0.2) is 27.8 Å². The quantitative estimate of drug-likeness (QED) is 0.0290. The number of anilines is 2. The van der Waals surface area contributed by atoms with Crippen molar-refractivity contribution in [2.45, 2.75) is 129 Å². The van der Waals surface area contributed by atoms with Crippen LogP contribution in [0.4, 0.5) is 16.4 Å². The zero-order valence-corrected chi connectivity index (χ0v) is 51.9. The van der Waals surface area contributed by atoms with Crippen molar-refractivity contribution < 1.29 is 75.5 Å². The van der Waals surface area contributed by atoms with E-state index in [1.165, 1.54) is 11.1 Å². The van der Waals surface area contributed by atoms with Crippen LogP contribution in [-0.4, -0.2) is 143 Å². The fourth-order valence-electron chi connectivity index (χ4n) is 12.4. The van der Waals surface area contributed by atoms with Crippen LogP contribution >= 0.6 is 22.4 Å². The molecule has 3 amide bonds. The smallest absolute Gasteiger partial charge is 0.456 e. The Morgan fingerprint density at radius 1 is 0.953 bits per heavy atom. The molecular formula is C54H72N10O17P3S+. The number of aliphatic hydroxyl groups excluding tert-OH is 1. The van der Waals surface area contributed by atoms with E-state index in [1.54, 1.807) is 11.9 Å². The number of H-pyrrole nitrogens is 1. The van der Waals surface area contributed by atoms with E-state index in [9.17, 15) is 53.0 Å². The number of alkyl carbamates (subject to hydrolysis) is 1. The number of nitrogens with two attached hydrogens (primary N) is 1. The lowest BCUT2D eigenvalue weighted by molar-refractivity contribution is -0.121. The number of nitrogen functional groups attached to an aromatic ring is 1. The maximum Gasteiger partial charge on any atom is 0.488 e. The summed E-state index contributed by atoms with van der Waals surface area (Å²) in [6.07, 6.45) is -4.72. The number of fused-ring (bicyclic) bond motifs is 5. The first kappa shape index (κ1) is 63.5. The maximum absolute atomic E-state index is 14.7. The van der Waals surface area contributed by atoms with Crippen LogP contribution in [0.5, 0.6) is 11.5 Å². The highest BCUT2D eigenvalue weighted by Crippen LogP contribution is 2.66. The van der Waals surface area contributed by atoms with E-state index in [0.29, 0.717) is 5.56 Å². The SMILES string of the molecule is CCN1c2cc3c(cc2C(C)CC1(C)C)C(c1ccccc1C(=O)N(C)CCCC(=O)NCCNC(=O)O[C@@H]1[C@H](O)[C@@H](COP(=O)(O)OP(=O)(O)OP(O)(O)=S)O[C@H]1n1cnc2c(=O)[nH]c(N)nc21)=c1cc2c(cc1O3)=[N+](CC)C(C)(C)CC2C. The molecule has 0 saturated carbocycles. The Hall–Kier alpha value is -5.96. The van der Waals surface area contributed by atoms with Gasteiger partial charge in [-0.05, 0) is 107 Å². The second kappa shape index (κ2) is 24.3. The van der Waals surface area contributed by atoms with Gasteiger partial charge in [-0.1, -0.05) is 32.0 Å². The van der Waals surface area contributed by atoms with Gasteiger partial charge in [-0.2, -0.15) is 9.29 Å². The van der Waals surface area contributed by atoms with E-state index in [2.05, 4.69) is 135 Å². The molecule has 1 saturated heterocycles. The molecule has 0 aliphatic carbocycles. The Morgan fingerprint density at radius 3 is 2.36 bits per heavy atom. The first-order valence-electron chi connectivity index (χ1n) is 27.7. The summed E-state index contributed by atoms with van der Waals surface area (Å²) in [6.45, 7) is 13.7. The zero-order valence-electron chi connectivity index (χ0n) is 48.4. The number of phosphoric ester groups is 1. The lowest BCUT2D eigenvalue weighted by Crippen LogP contribution is -2.52. The minimum Gasteiger partial charge on any atom is -0.456 e. The highest BCUT2D eigenvalue weighted by molar-refractivity contribution is 8.08. The average Bonchev–Trinajstić information content (AvgIpc) is 1.37. The number of aromatic amines is 1. The molecule has 0 spiro atoms. The summed E-state index contributed by atoms with van der Waals surface area (Å²) in [6, 6.07) is 16.5. The molecule has 460 valence electrons. The number of amides is 3. The minimum absolute atomic E-state index is 0.0214. The molecule has 4 unspecified atom stereocenters. The predicted octanol–water partition coefficient (Wildman–Crippen LogP) is 4.45. The topological polar surface area (TPSA) is 365 Å². The van der Waals surface area contributed by atoms with Crippen molar-refractivity contribution >= 4 is 80.5 Å². The van der Waals surface area contributed by atoms with E-state index in [4.69, 9.17) is 24.5 Å². The van der Waals surface area contributed by atoms with E-state index in [0.717, 1.165) is 81.3 Å². The molecule has 4 aliphatic heterocycles. The minimum atomic E-state index is -5.70. The molecule has 31 heteroatoms. The number of carbonyl (C=O) groups is 3. The number of nitrogens with one attached hydrogen (secondary N) is 3. The Kier molecular flexibility index (Phi) is 18.2. The summed E-state index contributed by atoms with van der Waals surface area (Å²) in [5, 5.41) is 18.5. The number of carbonyl (C=O) groups excluding carboxylic acids is 3. The number of aliphatic hydroxyl groups is 1. The van der Waals surface area contributed by atoms with Crippen molar-refractivity contribution in [3.8, 4) is 11.5 Å². The number of hydrogen-bond acceptors (Lipinski definition) is 18. The molecule has 9 rings (SSSR count). The van der Waals surface area contributed by atoms with Crippen molar-refractivity contribution in [2.75, 3.05) is 57.0 Å². The van der Waals surface area contributed by atoms with Crippen LogP contribution in [0.2, 0.25) is 0 Å². The summed E-state index contributed by atoms with van der Waals surface area (Å²) in [7, 11) is -9.61. The normalized spacial score (nSPS) is 22.7. The molecule has 27 nitrogen and oxygen atoms in total. The van der Waals surface area contributed by atoms with Crippen LogP contribution in [-0.2, 0) is 48.4 Å². The number of imidazole rings is 1. The largest absolute Gasteiger partial charge is 0.488 e. The van der Waals surface area contributed by atoms with Crippen molar-refractivity contribution in [1.29, 1.82) is 0 Å². The van der Waals surface area contributed by atoms with E-state index >= 15 is 0 Å². The Labute approximate surface area is 494 Å². The van der Waals surface area contributed by atoms with Crippen LogP contribution in [0.3, 0.4) is 0 Å². The lowest BCUT2D eigenvalue weighted by Gasteiger charge is -2.47. The standard InChI is InChI=1S/C54H71N10O17P3S/c1-10-63-37-23-39-35(21-33(37)29(3)25-53(63,5)6)43(36-22-34-30(4)26-54(7,8)64(11-2)38(34)24-40(36)77-39)31-15-12-13-16-32(31)49(68)61(9)20-14-17-42(65)56-18-19-57-52(69)79-46-45(66)41(27-76-82(70,71)80-83(72,73)81-84(74,75)85)78-50(46)62-28-58-44-47(62)59-51(55)60-48(44)67/h12-13,15-16,21-24,28-30,41,45-46,50,66H,10-11,14,17-20,25-27H2,1-9H3,(H8-,55,56,57,59,60,65,67,69,70,71,72,73,74,75,85)/p+1/t29?,30?,41-,45-,46-,50-/m1/s1. The molecule has 3 aromatic carbocycles. The number of rotatable bonds is 20. The van der Waals surface area contributed by atoms with Crippen LogP contribution < -0.4 is 46.7 Å². The third-order valence-electron chi connectivity index (χ3n) is 15.9. The Balaban J connectivity index is 0.862. The van der Waals surface area contributed by atoms with Crippen molar-refractivity contribution in [1.82, 2.24) is 39.6 Å². The fourth-order valence-corrected chi connectivity index (χ4v) is 16.2. The van der Waals surface area contributed by atoms with Crippen molar-refractivity contribution in [2.24, 2.45) is 0 Å². The molecule has 5 aromatic rings. The Bertz CT molecular complexity index is 3820. The first-order valence-corrected chi connectivity index (χ1v) is 33.3. The summed E-state index contributed by atoms with van der Waals surface area (Å²) >= 11 is 4.10. The van der Waals surface area contributed by atoms with Crippen molar-refractivity contribution in [3.63, 3.8) is 0 Å². The third-order valence-corrected chi connectivity index (χ3v) is 20.3. The third kappa shape index (κ3) is 13.5. The highest BCUT2D eigenvalue weighted by Gasteiger charge is 2.50. The van der Waals surface area contributed by atoms with Gasteiger partial charge in [0.05, 0.1) is 19.0 Å². The van der Waals surface area contributed by atoms with Gasteiger partial charge in [0.2, 0.25) is 17.2 Å². The number of phosphoric acid groups is 2. The van der Waals surface area contributed by atoms with Gasteiger partial charge in [0.25, 0.3) is 11.5 Å². The van der Waals surface area contributed by atoms with Gasteiger partial charge in [-0.3, -0.25) is 28.5 Å². The molecule has 6 heterocycles. The summed E-state index contributed by atoms with van der Waals surface area (Å²) in [5.41, 5.74) is 11.1. The average molecular weight is 1260 g/mol. The number of hydrogen-bond donors (Lipinski definition) is 9. The second-order valence-electron chi connectivity index (χ2n) is 22.9. The molecule has 10 N–H and O–H groups in total. The number of aromatic nitrogens is 4. The highest BCUT2D eigenvalue weighted by atomic mass is 32.5. The summed E-state index contributed by atoms with van der Waals surface area (Å²) in [5.74, 6) is 1.00. The van der Waals surface area contributed by atoms with Crippen LogP contribution in [0.1, 0.15) is 132 Å². The van der Waals surface area contributed by atoms with Gasteiger partial charge < -0.3 is 65.1 Å². The Morgan fingerprint density at radius 2 is 1.66 bits per heavy atom. The molecular weight excluding hydrogens is 1190 g/mol. The summed E-state index contributed by atoms with van der Waals surface area (Å²) in [4.78, 5) is 106. The van der Waals surface area contributed by atoms with Crippen LogP contribution in [0.25, 0.3) is 16.7 Å². The maximum atomic E-state index is 14.7. The predicted molar refractivity (Wildman–Crippen MR) is 316 cm³/mol. The molecule has 0 radical (unpaired) electrons. The van der Waals surface area contributed by atoms with E-state index in [1.807, 2.05) is 24.3 Å². The van der Waals surface area contributed by atoms with Crippen LogP contribution in [0, 0.1) is 0 Å². The van der Waals surface area contributed by atoms with Crippen LogP contribution in [0.15, 0.2) is 59.7 Å². The monoisotopic (exact) mass is 1260 g/mol. The summed E-state index contributed by atoms with van der Waals surface area (Å²) < 4.78 is 59.2. The van der Waals surface area contributed by atoms with E-state index < -0.39 is 65.2 Å². The first-order chi connectivity index (χ1) is 39.8. The number of nitrogens with zero attached hydrogens (tertiary/aromatic N) is 6. The van der Waals surface area contributed by atoms with Gasteiger partial charge in [0.1, 0.15) is 30.3 Å². The van der Waals surface area contributed by atoms with Gasteiger partial charge in [0, 0.05) is 90.8 Å². The zero-order chi connectivity index (χ0) is 61.9. The molecule has 85 heavy (non-hydrogen) atoms. The molecule has 2 aromatic heterocycles. The molecule has 1 fully saturated rings. The molecule has 4 aliphatic rings. The fraction of sp³-hybridized carbons (Fsp3) is 0.500. The number of benzene rings is 3. The van der Waals surface area contributed by atoms with Gasteiger partial charge in [0.15, 0.2) is 29.0 Å². The van der Waals surface area contributed by atoms with Crippen molar-refractivity contribution in [3.05, 3.63) is 104 Å². The van der Waals surface area contributed by atoms with Gasteiger partial charge in [-0.15, -0.1) is 0 Å². The lowest BCUT2D eigenvalue weighted by atomic mass is 9.77. The van der Waals surface area contributed by atoms with E-state index in [-0.39, 0.29) is 84.3 Å². The second-order valence-corrected chi connectivity index (χ2v) is 28.7. The molecule has 0 bridgehead atoms. The number of ether oxygens (including phenoxy) is 3. The van der Waals surface area contributed by atoms with Gasteiger partial charge >= 0.3 is 28.5 Å². The molecule has 8 atom stereocenters.